The molecule has 1 saturated carbocycles. The van der Waals surface area contributed by atoms with Crippen LogP contribution >= 0.6 is 12.2 Å². The zero-order valence-corrected chi connectivity index (χ0v) is 10.7. The highest BCUT2D eigenvalue weighted by Gasteiger charge is 2.30. The third-order valence-corrected chi connectivity index (χ3v) is 3.53. The van der Waals surface area contributed by atoms with Gasteiger partial charge in [-0.2, -0.15) is 0 Å². The van der Waals surface area contributed by atoms with Crippen molar-refractivity contribution in [1.29, 1.82) is 0 Å². The first-order chi connectivity index (χ1) is 6.50. The van der Waals surface area contributed by atoms with Crippen molar-refractivity contribution in [2.45, 2.75) is 53.0 Å². The van der Waals surface area contributed by atoms with Gasteiger partial charge in [0, 0.05) is 6.04 Å². The molecule has 0 amide bonds. The molecule has 82 valence electrons. The molecular formula is C12H23NS. The summed E-state index contributed by atoms with van der Waals surface area (Å²) in [7, 11) is 0. The molecule has 0 aromatic carbocycles. The SMILES string of the molecule is CC(=S)N[C@H]1C[C@H](C)CC[C@H]1C(C)C. The van der Waals surface area contributed by atoms with E-state index >= 15 is 0 Å². The van der Waals surface area contributed by atoms with Crippen LogP contribution in [0.1, 0.15) is 47.0 Å². The average molecular weight is 213 g/mol. The van der Waals surface area contributed by atoms with E-state index in [-0.39, 0.29) is 0 Å². The average Bonchev–Trinajstić information content (AvgIpc) is 2.01. The van der Waals surface area contributed by atoms with Crippen LogP contribution in [0, 0.1) is 17.8 Å². The molecule has 0 saturated heterocycles. The zero-order chi connectivity index (χ0) is 10.7. The van der Waals surface area contributed by atoms with Gasteiger partial charge in [-0.1, -0.05) is 39.4 Å². The fourth-order valence-corrected chi connectivity index (χ4v) is 2.78. The van der Waals surface area contributed by atoms with Crippen LogP contribution in [0.3, 0.4) is 0 Å². The summed E-state index contributed by atoms with van der Waals surface area (Å²) in [5, 5.41) is 3.48. The number of nitrogens with one attached hydrogen (secondary N) is 1. The molecule has 0 aromatic heterocycles. The van der Waals surface area contributed by atoms with Gasteiger partial charge in [0.25, 0.3) is 0 Å². The quantitative estimate of drug-likeness (QED) is 0.706. The Balaban J connectivity index is 2.58. The van der Waals surface area contributed by atoms with Crippen LogP contribution in [0.4, 0.5) is 0 Å². The molecule has 1 rings (SSSR count). The molecule has 1 fully saturated rings. The smallest absolute Gasteiger partial charge is 0.0724 e. The highest BCUT2D eigenvalue weighted by Crippen LogP contribution is 2.33. The van der Waals surface area contributed by atoms with E-state index in [1.165, 1.54) is 19.3 Å². The first-order valence-corrected chi connectivity index (χ1v) is 6.18. The molecule has 0 radical (unpaired) electrons. The molecule has 2 heteroatoms. The second-order valence-electron chi connectivity index (χ2n) is 5.13. The Hall–Kier alpha value is -0.110. The molecule has 0 bridgehead atoms. The Bertz CT molecular complexity index is 200. The van der Waals surface area contributed by atoms with Gasteiger partial charge in [0.15, 0.2) is 0 Å². The summed E-state index contributed by atoms with van der Waals surface area (Å²) < 4.78 is 0. The topological polar surface area (TPSA) is 12.0 Å². The Morgan fingerprint density at radius 1 is 1.36 bits per heavy atom. The van der Waals surface area contributed by atoms with Crippen molar-refractivity contribution in [3.05, 3.63) is 0 Å². The molecule has 0 spiro atoms. The lowest BCUT2D eigenvalue weighted by molar-refractivity contribution is 0.186. The van der Waals surface area contributed by atoms with Crippen LogP contribution in [0.2, 0.25) is 0 Å². The summed E-state index contributed by atoms with van der Waals surface area (Å²) in [4.78, 5) is 0.953. The van der Waals surface area contributed by atoms with Crippen LogP contribution in [0.5, 0.6) is 0 Å². The van der Waals surface area contributed by atoms with E-state index in [1.54, 1.807) is 0 Å². The molecule has 0 unspecified atom stereocenters. The van der Waals surface area contributed by atoms with Crippen LogP contribution in [0.25, 0.3) is 0 Å². The van der Waals surface area contributed by atoms with Crippen molar-refractivity contribution in [2.75, 3.05) is 0 Å². The maximum absolute atomic E-state index is 5.14. The summed E-state index contributed by atoms with van der Waals surface area (Å²) in [6.45, 7) is 9.00. The number of thiocarbonyl (C=S) groups is 1. The number of hydrogen-bond acceptors (Lipinski definition) is 1. The van der Waals surface area contributed by atoms with E-state index in [2.05, 4.69) is 26.1 Å². The van der Waals surface area contributed by atoms with Gasteiger partial charge in [-0.3, -0.25) is 0 Å². The van der Waals surface area contributed by atoms with Crippen LogP contribution in [-0.4, -0.2) is 11.0 Å². The van der Waals surface area contributed by atoms with Gasteiger partial charge in [0.1, 0.15) is 0 Å². The number of rotatable bonds is 2. The van der Waals surface area contributed by atoms with Crippen LogP contribution in [0.15, 0.2) is 0 Å². The summed E-state index contributed by atoms with van der Waals surface area (Å²) in [5.74, 6) is 2.44. The molecule has 14 heavy (non-hydrogen) atoms. The minimum absolute atomic E-state index is 0.622. The van der Waals surface area contributed by atoms with Gasteiger partial charge in [-0.05, 0) is 37.5 Å². The van der Waals surface area contributed by atoms with Gasteiger partial charge < -0.3 is 5.32 Å². The molecule has 1 aliphatic carbocycles. The van der Waals surface area contributed by atoms with Gasteiger partial charge in [0.05, 0.1) is 4.99 Å². The van der Waals surface area contributed by atoms with E-state index in [0.29, 0.717) is 6.04 Å². The third kappa shape index (κ3) is 3.23. The third-order valence-electron chi connectivity index (χ3n) is 3.41. The lowest BCUT2D eigenvalue weighted by Crippen LogP contribution is -2.44. The predicted molar refractivity (Wildman–Crippen MR) is 66.5 cm³/mol. The fraction of sp³-hybridized carbons (Fsp3) is 0.917. The summed E-state index contributed by atoms with van der Waals surface area (Å²) >= 11 is 5.14. The van der Waals surface area contributed by atoms with Crippen molar-refractivity contribution in [3.8, 4) is 0 Å². The fourth-order valence-electron chi connectivity index (χ4n) is 2.63. The molecular weight excluding hydrogens is 190 g/mol. The summed E-state index contributed by atoms with van der Waals surface area (Å²) in [5.41, 5.74) is 0. The molecule has 0 heterocycles. The Morgan fingerprint density at radius 2 is 2.00 bits per heavy atom. The highest BCUT2D eigenvalue weighted by molar-refractivity contribution is 7.80. The van der Waals surface area contributed by atoms with Crippen molar-refractivity contribution in [2.24, 2.45) is 17.8 Å². The van der Waals surface area contributed by atoms with E-state index < -0.39 is 0 Å². The highest BCUT2D eigenvalue weighted by atomic mass is 32.1. The monoisotopic (exact) mass is 213 g/mol. The van der Waals surface area contributed by atoms with Gasteiger partial charge in [-0.25, -0.2) is 0 Å². The predicted octanol–water partition coefficient (Wildman–Crippen LogP) is 3.38. The lowest BCUT2D eigenvalue weighted by atomic mass is 9.74. The summed E-state index contributed by atoms with van der Waals surface area (Å²) in [6, 6.07) is 0.622. The van der Waals surface area contributed by atoms with Crippen molar-refractivity contribution in [3.63, 3.8) is 0 Å². The molecule has 0 aliphatic heterocycles. The molecule has 1 N–H and O–H groups in total. The van der Waals surface area contributed by atoms with E-state index in [1.807, 2.05) is 6.92 Å². The molecule has 0 aromatic rings. The normalized spacial score (nSPS) is 33.1. The van der Waals surface area contributed by atoms with Crippen LogP contribution in [-0.2, 0) is 0 Å². The first kappa shape index (κ1) is 12.0. The van der Waals surface area contributed by atoms with Crippen molar-refractivity contribution in [1.82, 2.24) is 5.32 Å². The standard InChI is InChI=1S/C12H23NS/c1-8(2)11-6-5-9(3)7-12(11)13-10(4)14/h8-9,11-12H,5-7H2,1-4H3,(H,13,14)/t9-,11+,12+/m1/s1. The maximum atomic E-state index is 5.14. The number of hydrogen-bond donors (Lipinski definition) is 1. The Morgan fingerprint density at radius 3 is 2.50 bits per heavy atom. The first-order valence-electron chi connectivity index (χ1n) is 5.77. The molecule has 1 nitrogen and oxygen atoms in total. The van der Waals surface area contributed by atoms with Gasteiger partial charge >= 0.3 is 0 Å². The minimum atomic E-state index is 0.622. The Kier molecular flexibility index (Phi) is 4.36. The van der Waals surface area contributed by atoms with Crippen molar-refractivity contribution < 1.29 is 0 Å². The van der Waals surface area contributed by atoms with Crippen molar-refractivity contribution >= 4 is 17.2 Å². The van der Waals surface area contributed by atoms with Gasteiger partial charge in [0.2, 0.25) is 0 Å². The largest absolute Gasteiger partial charge is 0.377 e. The summed E-state index contributed by atoms with van der Waals surface area (Å²) in [6.07, 6.45) is 4.04. The van der Waals surface area contributed by atoms with E-state index in [9.17, 15) is 0 Å². The maximum Gasteiger partial charge on any atom is 0.0724 e. The molecule has 3 atom stereocenters. The molecule has 1 aliphatic rings. The Labute approximate surface area is 93.7 Å². The van der Waals surface area contributed by atoms with Crippen LogP contribution < -0.4 is 5.32 Å². The lowest BCUT2D eigenvalue weighted by Gasteiger charge is -2.38. The second-order valence-corrected chi connectivity index (χ2v) is 5.75. The zero-order valence-electron chi connectivity index (χ0n) is 9.84. The van der Waals surface area contributed by atoms with Gasteiger partial charge in [-0.15, -0.1) is 0 Å². The van der Waals surface area contributed by atoms with E-state index in [4.69, 9.17) is 12.2 Å². The van der Waals surface area contributed by atoms with E-state index in [0.717, 1.165) is 22.7 Å². The second kappa shape index (κ2) is 5.11. The minimum Gasteiger partial charge on any atom is -0.377 e.